The minimum Gasteiger partial charge on any atom is -0.382 e. The van der Waals surface area contributed by atoms with Crippen molar-refractivity contribution in [3.63, 3.8) is 0 Å². The molecule has 0 aromatic heterocycles. The van der Waals surface area contributed by atoms with Crippen molar-refractivity contribution in [2.24, 2.45) is 0 Å². The number of aliphatic hydroxyl groups excluding tert-OH is 1. The van der Waals surface area contributed by atoms with E-state index in [0.29, 0.717) is 6.42 Å². The summed E-state index contributed by atoms with van der Waals surface area (Å²) in [5, 5.41) is 16.8. The molecule has 9 heavy (non-hydrogen) atoms. The molecule has 1 N–H and O–H groups in total. The topological polar surface area (TPSA) is 53.2 Å². The van der Waals surface area contributed by atoms with Gasteiger partial charge in [-0.25, -0.2) is 0 Å². The van der Waals surface area contributed by atoms with Gasteiger partial charge in [-0.3, -0.25) is 0 Å². The zero-order chi connectivity index (χ0) is 7.28. The Kier molecular flexibility index (Phi) is 4.02. The highest BCUT2D eigenvalue weighted by Crippen LogP contribution is 1.98. The van der Waals surface area contributed by atoms with Gasteiger partial charge in [-0.15, -0.1) is 0 Å². The summed E-state index contributed by atoms with van der Waals surface area (Å²) in [5.74, 6) is 0. The highest BCUT2D eigenvalue weighted by atomic mass is 16.5. The second-order valence-corrected chi connectivity index (χ2v) is 1.93. The molecule has 0 spiro atoms. The molecular formula is C6H11NO2. The van der Waals surface area contributed by atoms with Crippen molar-refractivity contribution in [3.8, 4) is 6.07 Å². The number of rotatable bonds is 3. The quantitative estimate of drug-likeness (QED) is 0.557. The van der Waals surface area contributed by atoms with E-state index >= 15 is 0 Å². The van der Waals surface area contributed by atoms with E-state index in [4.69, 9.17) is 15.1 Å². The van der Waals surface area contributed by atoms with Crippen LogP contribution in [0.5, 0.6) is 0 Å². The maximum atomic E-state index is 8.72. The van der Waals surface area contributed by atoms with Crippen LogP contribution in [0.25, 0.3) is 0 Å². The fourth-order valence-electron chi connectivity index (χ4n) is 0.463. The molecule has 0 rings (SSSR count). The lowest BCUT2D eigenvalue weighted by Crippen LogP contribution is -2.14. The Labute approximate surface area is 54.9 Å². The van der Waals surface area contributed by atoms with E-state index in [-0.39, 0.29) is 6.10 Å². The van der Waals surface area contributed by atoms with Gasteiger partial charge in [0, 0.05) is 13.5 Å². The van der Waals surface area contributed by atoms with E-state index in [1.165, 1.54) is 0 Å². The molecule has 0 aromatic carbocycles. The lowest BCUT2D eigenvalue weighted by molar-refractivity contribution is 0.0748. The summed E-state index contributed by atoms with van der Waals surface area (Å²) in [5.41, 5.74) is 0. The molecule has 0 aliphatic carbocycles. The third kappa shape index (κ3) is 3.95. The molecule has 0 bridgehead atoms. The van der Waals surface area contributed by atoms with Crippen molar-refractivity contribution in [2.75, 3.05) is 7.11 Å². The Hall–Kier alpha value is -0.590. The van der Waals surface area contributed by atoms with Gasteiger partial charge in [0.15, 0.2) is 0 Å². The SMILES string of the molecule is COC(C)CC(O)C#N. The fourth-order valence-corrected chi connectivity index (χ4v) is 0.463. The number of hydrogen-bond donors (Lipinski definition) is 1. The van der Waals surface area contributed by atoms with Crippen LogP contribution in [0.2, 0.25) is 0 Å². The summed E-state index contributed by atoms with van der Waals surface area (Å²) < 4.78 is 4.81. The maximum Gasteiger partial charge on any atom is 0.142 e. The first-order valence-electron chi connectivity index (χ1n) is 2.81. The monoisotopic (exact) mass is 129 g/mol. The van der Waals surface area contributed by atoms with Gasteiger partial charge in [0.25, 0.3) is 0 Å². The first-order valence-corrected chi connectivity index (χ1v) is 2.81. The number of nitriles is 1. The standard InChI is InChI=1S/C6H11NO2/c1-5(9-2)3-6(8)4-7/h5-6,8H,3H2,1-2H3. The number of nitrogens with zero attached hydrogens (tertiary/aromatic N) is 1. The van der Waals surface area contributed by atoms with E-state index in [2.05, 4.69) is 0 Å². The summed E-state index contributed by atoms with van der Waals surface area (Å²) in [6, 6.07) is 1.71. The van der Waals surface area contributed by atoms with Gasteiger partial charge in [-0.1, -0.05) is 0 Å². The predicted octanol–water partition coefficient (Wildman–Crippen LogP) is 0.296. The average Bonchev–Trinajstić information content (AvgIpc) is 1.87. The van der Waals surface area contributed by atoms with Crippen molar-refractivity contribution in [1.29, 1.82) is 5.26 Å². The Morgan fingerprint density at radius 2 is 2.33 bits per heavy atom. The highest BCUT2D eigenvalue weighted by Gasteiger charge is 2.06. The Morgan fingerprint density at radius 3 is 2.67 bits per heavy atom. The molecule has 52 valence electrons. The zero-order valence-electron chi connectivity index (χ0n) is 5.66. The van der Waals surface area contributed by atoms with Crippen LogP contribution in [0.4, 0.5) is 0 Å². The van der Waals surface area contributed by atoms with Gasteiger partial charge in [-0.2, -0.15) is 5.26 Å². The van der Waals surface area contributed by atoms with E-state index in [1.807, 2.05) is 0 Å². The summed E-state index contributed by atoms with van der Waals surface area (Å²) >= 11 is 0. The Bertz CT molecular complexity index is 108. The van der Waals surface area contributed by atoms with Gasteiger partial charge >= 0.3 is 0 Å². The number of methoxy groups -OCH3 is 1. The molecule has 0 saturated heterocycles. The Balaban J connectivity index is 3.37. The van der Waals surface area contributed by atoms with Gasteiger partial charge in [0.05, 0.1) is 12.2 Å². The van der Waals surface area contributed by atoms with E-state index < -0.39 is 6.10 Å². The molecular weight excluding hydrogens is 118 g/mol. The first-order chi connectivity index (χ1) is 4.20. The van der Waals surface area contributed by atoms with E-state index in [0.717, 1.165) is 0 Å². The summed E-state index contributed by atoms with van der Waals surface area (Å²) in [4.78, 5) is 0. The van der Waals surface area contributed by atoms with Crippen LogP contribution >= 0.6 is 0 Å². The summed E-state index contributed by atoms with van der Waals surface area (Å²) in [6.07, 6.45) is -0.549. The summed E-state index contributed by atoms with van der Waals surface area (Å²) in [6.45, 7) is 1.81. The number of hydrogen-bond acceptors (Lipinski definition) is 3. The molecule has 0 aliphatic rings. The highest BCUT2D eigenvalue weighted by molar-refractivity contribution is 4.83. The largest absolute Gasteiger partial charge is 0.382 e. The second kappa shape index (κ2) is 4.30. The van der Waals surface area contributed by atoms with Gasteiger partial charge < -0.3 is 9.84 Å². The molecule has 0 radical (unpaired) electrons. The first kappa shape index (κ1) is 8.41. The lowest BCUT2D eigenvalue weighted by Gasteiger charge is -2.08. The molecule has 3 nitrogen and oxygen atoms in total. The lowest BCUT2D eigenvalue weighted by atomic mass is 10.2. The minimum absolute atomic E-state index is 0.0420. The second-order valence-electron chi connectivity index (χ2n) is 1.93. The van der Waals surface area contributed by atoms with Crippen LogP contribution in [0.3, 0.4) is 0 Å². The van der Waals surface area contributed by atoms with Crippen molar-refractivity contribution >= 4 is 0 Å². The number of aliphatic hydroxyl groups is 1. The van der Waals surface area contributed by atoms with E-state index in [1.54, 1.807) is 20.1 Å². The van der Waals surface area contributed by atoms with Gasteiger partial charge in [-0.05, 0) is 6.92 Å². The third-order valence-electron chi connectivity index (χ3n) is 1.11. The fraction of sp³-hybridized carbons (Fsp3) is 0.833. The summed E-state index contributed by atoms with van der Waals surface area (Å²) in [7, 11) is 1.55. The van der Waals surface area contributed by atoms with Gasteiger partial charge in [0.2, 0.25) is 0 Å². The van der Waals surface area contributed by atoms with Crippen molar-refractivity contribution in [2.45, 2.75) is 25.6 Å². The van der Waals surface area contributed by atoms with Crippen LogP contribution in [-0.2, 0) is 4.74 Å². The van der Waals surface area contributed by atoms with Crippen LogP contribution in [0, 0.1) is 11.3 Å². The Morgan fingerprint density at radius 1 is 1.78 bits per heavy atom. The molecule has 0 amide bonds. The predicted molar refractivity (Wildman–Crippen MR) is 32.7 cm³/mol. The normalized spacial score (nSPS) is 16.2. The molecule has 0 heterocycles. The van der Waals surface area contributed by atoms with Gasteiger partial charge in [0.1, 0.15) is 6.10 Å². The molecule has 0 aromatic rings. The molecule has 3 heteroatoms. The van der Waals surface area contributed by atoms with E-state index in [9.17, 15) is 0 Å². The molecule has 2 atom stereocenters. The van der Waals surface area contributed by atoms with Crippen molar-refractivity contribution in [3.05, 3.63) is 0 Å². The van der Waals surface area contributed by atoms with Crippen LogP contribution in [0.15, 0.2) is 0 Å². The van der Waals surface area contributed by atoms with Crippen LogP contribution < -0.4 is 0 Å². The number of ether oxygens (including phenoxy) is 1. The zero-order valence-corrected chi connectivity index (χ0v) is 5.66. The molecule has 2 unspecified atom stereocenters. The van der Waals surface area contributed by atoms with Crippen molar-refractivity contribution in [1.82, 2.24) is 0 Å². The third-order valence-corrected chi connectivity index (χ3v) is 1.11. The maximum absolute atomic E-state index is 8.72. The average molecular weight is 129 g/mol. The minimum atomic E-state index is -0.889. The van der Waals surface area contributed by atoms with Crippen LogP contribution in [-0.4, -0.2) is 24.4 Å². The van der Waals surface area contributed by atoms with Crippen LogP contribution in [0.1, 0.15) is 13.3 Å². The van der Waals surface area contributed by atoms with Crippen molar-refractivity contribution < 1.29 is 9.84 Å². The molecule has 0 aliphatic heterocycles. The molecule has 0 saturated carbocycles. The smallest absolute Gasteiger partial charge is 0.142 e. The molecule has 0 fully saturated rings.